The standard InChI is InChI=1S/C18H13BrN2O3/c19-13-5-1-4-12(10-13)15-11-14(16-6-2-8-23-16)20-21(15)18(22)17-7-3-9-24-17/h1-10,15H,11H2/t15-/m1/s1. The van der Waals surface area contributed by atoms with Gasteiger partial charge in [-0.2, -0.15) is 5.10 Å². The molecule has 0 saturated carbocycles. The second-order valence-corrected chi connectivity index (χ2v) is 6.34. The van der Waals surface area contributed by atoms with Crippen molar-refractivity contribution in [2.45, 2.75) is 12.5 Å². The maximum atomic E-state index is 12.8. The van der Waals surface area contributed by atoms with Gasteiger partial charge in [-0.15, -0.1) is 0 Å². The van der Waals surface area contributed by atoms with E-state index in [1.54, 1.807) is 18.4 Å². The van der Waals surface area contributed by atoms with E-state index < -0.39 is 0 Å². The molecule has 0 N–H and O–H groups in total. The number of furan rings is 2. The summed E-state index contributed by atoms with van der Waals surface area (Å²) in [6.45, 7) is 0. The topological polar surface area (TPSA) is 59.0 Å². The highest BCUT2D eigenvalue weighted by molar-refractivity contribution is 9.10. The summed E-state index contributed by atoms with van der Waals surface area (Å²) in [5.74, 6) is 0.663. The molecule has 3 aromatic rings. The lowest BCUT2D eigenvalue weighted by Crippen LogP contribution is -2.26. The molecule has 1 amide bonds. The normalized spacial score (nSPS) is 17.1. The van der Waals surface area contributed by atoms with Crippen LogP contribution in [0.15, 0.2) is 79.5 Å². The molecule has 0 aliphatic carbocycles. The van der Waals surface area contributed by atoms with Gasteiger partial charge in [0.15, 0.2) is 5.76 Å². The van der Waals surface area contributed by atoms with Gasteiger partial charge in [-0.3, -0.25) is 4.79 Å². The Morgan fingerprint density at radius 3 is 2.67 bits per heavy atom. The van der Waals surface area contributed by atoms with Gasteiger partial charge >= 0.3 is 5.91 Å². The maximum Gasteiger partial charge on any atom is 0.310 e. The number of rotatable bonds is 3. The Hall–Kier alpha value is -2.60. The van der Waals surface area contributed by atoms with Crippen LogP contribution in [0.25, 0.3) is 0 Å². The highest BCUT2D eigenvalue weighted by Gasteiger charge is 2.35. The molecule has 6 heteroatoms. The molecule has 0 radical (unpaired) electrons. The van der Waals surface area contributed by atoms with E-state index in [0.29, 0.717) is 12.2 Å². The van der Waals surface area contributed by atoms with Crippen LogP contribution in [0, 0.1) is 0 Å². The quantitative estimate of drug-likeness (QED) is 0.661. The van der Waals surface area contributed by atoms with Crippen molar-refractivity contribution in [2.24, 2.45) is 5.10 Å². The zero-order chi connectivity index (χ0) is 16.5. The zero-order valence-corrected chi connectivity index (χ0v) is 14.1. The maximum absolute atomic E-state index is 12.8. The number of hydrogen-bond acceptors (Lipinski definition) is 4. The van der Waals surface area contributed by atoms with Gasteiger partial charge in [-0.05, 0) is 42.0 Å². The van der Waals surface area contributed by atoms with Crippen LogP contribution in [0.5, 0.6) is 0 Å². The second-order valence-electron chi connectivity index (χ2n) is 5.43. The van der Waals surface area contributed by atoms with Crippen molar-refractivity contribution < 1.29 is 13.6 Å². The fraction of sp³-hybridized carbons (Fsp3) is 0.111. The Kier molecular flexibility index (Phi) is 3.82. The number of hydrogen-bond donors (Lipinski definition) is 0. The first-order valence-corrected chi connectivity index (χ1v) is 8.25. The fourth-order valence-electron chi connectivity index (χ4n) is 2.78. The van der Waals surface area contributed by atoms with Gasteiger partial charge in [0.05, 0.1) is 18.6 Å². The molecule has 0 bridgehead atoms. The van der Waals surface area contributed by atoms with Gasteiger partial charge in [0, 0.05) is 10.9 Å². The van der Waals surface area contributed by atoms with E-state index in [1.165, 1.54) is 11.3 Å². The summed E-state index contributed by atoms with van der Waals surface area (Å²) in [5.41, 5.74) is 1.74. The average molecular weight is 385 g/mol. The Morgan fingerprint density at radius 2 is 1.96 bits per heavy atom. The highest BCUT2D eigenvalue weighted by atomic mass is 79.9. The predicted octanol–water partition coefficient (Wildman–Crippen LogP) is 4.63. The fourth-order valence-corrected chi connectivity index (χ4v) is 3.19. The third-order valence-electron chi connectivity index (χ3n) is 3.89. The molecular weight excluding hydrogens is 372 g/mol. The molecule has 2 aromatic heterocycles. The average Bonchev–Trinajstić information content (AvgIpc) is 3.34. The number of nitrogens with zero attached hydrogens (tertiary/aromatic N) is 2. The smallest absolute Gasteiger partial charge is 0.310 e. The van der Waals surface area contributed by atoms with E-state index in [1.807, 2.05) is 36.4 Å². The van der Waals surface area contributed by atoms with Gasteiger partial charge < -0.3 is 8.83 Å². The lowest BCUT2D eigenvalue weighted by atomic mass is 10.0. The molecule has 5 nitrogen and oxygen atoms in total. The lowest BCUT2D eigenvalue weighted by Gasteiger charge is -2.21. The Morgan fingerprint density at radius 1 is 1.12 bits per heavy atom. The highest BCUT2D eigenvalue weighted by Crippen LogP contribution is 2.35. The number of carbonyl (C=O) groups excluding carboxylic acids is 1. The molecule has 0 saturated heterocycles. The number of benzene rings is 1. The monoisotopic (exact) mass is 384 g/mol. The number of carbonyl (C=O) groups is 1. The van der Waals surface area contributed by atoms with Gasteiger partial charge in [0.1, 0.15) is 11.5 Å². The molecule has 1 aliphatic heterocycles. The first kappa shape index (κ1) is 15.0. The van der Waals surface area contributed by atoms with Crippen LogP contribution < -0.4 is 0 Å². The summed E-state index contributed by atoms with van der Waals surface area (Å²) >= 11 is 3.48. The Labute approximate surface area is 146 Å². The molecule has 120 valence electrons. The molecule has 24 heavy (non-hydrogen) atoms. The van der Waals surface area contributed by atoms with Crippen LogP contribution >= 0.6 is 15.9 Å². The van der Waals surface area contributed by atoms with E-state index in [9.17, 15) is 4.79 Å². The number of amides is 1. The summed E-state index contributed by atoms with van der Waals surface area (Å²) in [6, 6.07) is 14.6. The Balaban J connectivity index is 1.73. The van der Waals surface area contributed by atoms with E-state index in [2.05, 4.69) is 21.0 Å². The van der Waals surface area contributed by atoms with Crippen LogP contribution in [0.4, 0.5) is 0 Å². The first-order valence-electron chi connectivity index (χ1n) is 7.46. The van der Waals surface area contributed by atoms with Crippen molar-refractivity contribution in [3.8, 4) is 0 Å². The van der Waals surface area contributed by atoms with Gasteiger partial charge in [0.25, 0.3) is 0 Å². The van der Waals surface area contributed by atoms with E-state index >= 15 is 0 Å². The van der Waals surface area contributed by atoms with Crippen molar-refractivity contribution in [2.75, 3.05) is 0 Å². The summed E-state index contributed by atoms with van der Waals surface area (Å²) in [4.78, 5) is 12.8. The molecular formula is C18H13BrN2O3. The molecule has 0 unspecified atom stereocenters. The SMILES string of the molecule is O=C(c1ccco1)N1N=C(c2ccco2)C[C@@H]1c1cccc(Br)c1. The van der Waals surface area contributed by atoms with E-state index in [4.69, 9.17) is 8.83 Å². The lowest BCUT2D eigenvalue weighted by molar-refractivity contribution is 0.0678. The van der Waals surface area contributed by atoms with Crippen molar-refractivity contribution in [1.82, 2.24) is 5.01 Å². The third kappa shape index (κ3) is 2.69. The van der Waals surface area contributed by atoms with E-state index in [-0.39, 0.29) is 17.7 Å². The Bertz CT molecular complexity index is 885. The van der Waals surface area contributed by atoms with Crippen LogP contribution in [-0.4, -0.2) is 16.6 Å². The summed E-state index contributed by atoms with van der Waals surface area (Å²) in [7, 11) is 0. The van der Waals surface area contributed by atoms with Crippen LogP contribution in [0.3, 0.4) is 0 Å². The van der Waals surface area contributed by atoms with Crippen LogP contribution in [0.2, 0.25) is 0 Å². The largest absolute Gasteiger partial charge is 0.463 e. The molecule has 1 atom stereocenters. The molecule has 1 aliphatic rings. The predicted molar refractivity (Wildman–Crippen MR) is 91.6 cm³/mol. The van der Waals surface area contributed by atoms with Gasteiger partial charge in [-0.25, -0.2) is 5.01 Å². The minimum absolute atomic E-state index is 0.208. The molecule has 3 heterocycles. The van der Waals surface area contributed by atoms with Gasteiger partial charge in [-0.1, -0.05) is 28.1 Å². The van der Waals surface area contributed by atoms with Crippen molar-refractivity contribution in [3.63, 3.8) is 0 Å². The second kappa shape index (κ2) is 6.13. The third-order valence-corrected chi connectivity index (χ3v) is 4.38. The molecule has 4 rings (SSSR count). The van der Waals surface area contributed by atoms with Crippen molar-refractivity contribution in [1.29, 1.82) is 0 Å². The molecule has 0 spiro atoms. The van der Waals surface area contributed by atoms with Crippen LogP contribution in [-0.2, 0) is 0 Å². The molecule has 1 aromatic carbocycles. The minimum atomic E-state index is -0.272. The van der Waals surface area contributed by atoms with Crippen molar-refractivity contribution >= 4 is 27.5 Å². The summed E-state index contributed by atoms with van der Waals surface area (Å²) in [5, 5.41) is 5.98. The zero-order valence-electron chi connectivity index (χ0n) is 12.6. The van der Waals surface area contributed by atoms with Crippen molar-refractivity contribution in [3.05, 3.63) is 82.6 Å². The van der Waals surface area contributed by atoms with Gasteiger partial charge in [0.2, 0.25) is 0 Å². The summed E-state index contributed by atoms with van der Waals surface area (Å²) < 4.78 is 11.6. The van der Waals surface area contributed by atoms with E-state index in [0.717, 1.165) is 15.7 Å². The summed E-state index contributed by atoms with van der Waals surface area (Å²) in [6.07, 6.45) is 3.66. The van der Waals surface area contributed by atoms with Crippen LogP contribution in [0.1, 0.15) is 34.3 Å². The molecule has 0 fully saturated rings. The number of halogens is 1. The number of hydrazone groups is 1. The first-order chi connectivity index (χ1) is 11.7. The minimum Gasteiger partial charge on any atom is -0.463 e.